The Morgan fingerprint density at radius 2 is 2.25 bits per heavy atom. The molecule has 0 aliphatic heterocycles. The van der Waals surface area contributed by atoms with E-state index in [1.165, 1.54) is 16.9 Å². The van der Waals surface area contributed by atoms with Crippen molar-refractivity contribution in [3.05, 3.63) is 33.6 Å². The molecule has 0 amide bonds. The zero-order valence-electron chi connectivity index (χ0n) is 7.00. The summed E-state index contributed by atoms with van der Waals surface area (Å²) in [5.74, 6) is 0. The van der Waals surface area contributed by atoms with Crippen molar-refractivity contribution in [2.45, 2.75) is 6.92 Å². The average Bonchev–Trinajstić information content (AvgIpc) is 2.41. The molecule has 2 aromatic heterocycles. The van der Waals surface area contributed by atoms with E-state index in [1.54, 1.807) is 11.6 Å². The molecule has 0 aromatic carbocycles. The summed E-state index contributed by atoms with van der Waals surface area (Å²) in [6.45, 7) is 2.03. The molecule has 0 saturated carbocycles. The Morgan fingerprint density at radius 3 is 3.00 bits per heavy atom. The van der Waals surface area contributed by atoms with Gasteiger partial charge in [0.25, 0.3) is 5.56 Å². The molecular formula is C9H9NOS. The van der Waals surface area contributed by atoms with Gasteiger partial charge in [0, 0.05) is 18.6 Å². The normalized spacial score (nSPS) is 10.8. The minimum Gasteiger partial charge on any atom is -0.317 e. The molecule has 0 spiro atoms. The van der Waals surface area contributed by atoms with Crippen molar-refractivity contribution in [2.75, 3.05) is 0 Å². The number of rotatable bonds is 0. The van der Waals surface area contributed by atoms with Gasteiger partial charge in [0.15, 0.2) is 0 Å². The van der Waals surface area contributed by atoms with E-state index in [1.807, 2.05) is 24.6 Å². The van der Waals surface area contributed by atoms with Gasteiger partial charge in [-0.2, -0.15) is 0 Å². The van der Waals surface area contributed by atoms with Gasteiger partial charge in [0.05, 0.1) is 4.70 Å². The van der Waals surface area contributed by atoms with Crippen LogP contribution in [0.15, 0.2) is 22.4 Å². The van der Waals surface area contributed by atoms with Crippen LogP contribution >= 0.6 is 11.3 Å². The summed E-state index contributed by atoms with van der Waals surface area (Å²) in [6.07, 6.45) is 1.81. The molecule has 0 fully saturated rings. The van der Waals surface area contributed by atoms with Crippen LogP contribution in [-0.2, 0) is 7.05 Å². The summed E-state index contributed by atoms with van der Waals surface area (Å²) in [5.41, 5.74) is 1.29. The van der Waals surface area contributed by atoms with E-state index in [2.05, 4.69) is 0 Å². The van der Waals surface area contributed by atoms with Crippen LogP contribution in [0.25, 0.3) is 10.1 Å². The maximum atomic E-state index is 11.5. The molecule has 2 nitrogen and oxygen atoms in total. The van der Waals surface area contributed by atoms with Gasteiger partial charge in [-0.15, -0.1) is 11.3 Å². The van der Waals surface area contributed by atoms with E-state index < -0.39 is 0 Å². The lowest BCUT2D eigenvalue weighted by atomic mass is 10.2. The third kappa shape index (κ3) is 0.898. The second-order valence-corrected chi connectivity index (χ2v) is 3.77. The lowest BCUT2D eigenvalue weighted by Gasteiger charge is -1.95. The lowest BCUT2D eigenvalue weighted by Crippen LogP contribution is -2.13. The summed E-state index contributed by atoms with van der Waals surface area (Å²) in [6, 6.07) is 1.99. The number of nitrogens with zero attached hydrogens (tertiary/aromatic N) is 1. The first-order chi connectivity index (χ1) is 5.70. The van der Waals surface area contributed by atoms with Crippen molar-refractivity contribution in [1.82, 2.24) is 4.57 Å². The minimum atomic E-state index is 0.102. The van der Waals surface area contributed by atoms with Gasteiger partial charge in [-0.1, -0.05) is 0 Å². The molecule has 0 bridgehead atoms. The topological polar surface area (TPSA) is 22.0 Å². The van der Waals surface area contributed by atoms with Crippen LogP contribution in [0.1, 0.15) is 5.56 Å². The average molecular weight is 179 g/mol. The lowest BCUT2D eigenvalue weighted by molar-refractivity contribution is 0.875. The van der Waals surface area contributed by atoms with Crippen molar-refractivity contribution in [3.8, 4) is 0 Å². The molecular weight excluding hydrogens is 170 g/mol. The molecule has 62 valence electrons. The van der Waals surface area contributed by atoms with E-state index in [0.29, 0.717) is 0 Å². The third-order valence-corrected chi connectivity index (χ3v) is 3.10. The van der Waals surface area contributed by atoms with Gasteiger partial charge in [0.1, 0.15) is 0 Å². The molecule has 0 radical (unpaired) electrons. The minimum absolute atomic E-state index is 0.102. The fraction of sp³-hybridized carbons (Fsp3) is 0.222. The first-order valence-corrected chi connectivity index (χ1v) is 4.61. The van der Waals surface area contributed by atoms with Crippen molar-refractivity contribution < 1.29 is 0 Å². The van der Waals surface area contributed by atoms with Gasteiger partial charge in [-0.05, 0) is 23.9 Å². The van der Waals surface area contributed by atoms with Gasteiger partial charge in [-0.25, -0.2) is 0 Å². The molecule has 0 aliphatic carbocycles. The van der Waals surface area contributed by atoms with Gasteiger partial charge in [0.2, 0.25) is 0 Å². The number of aromatic nitrogens is 1. The quantitative estimate of drug-likeness (QED) is 0.605. The van der Waals surface area contributed by atoms with Gasteiger partial charge >= 0.3 is 0 Å². The van der Waals surface area contributed by atoms with Gasteiger partial charge < -0.3 is 4.57 Å². The summed E-state index contributed by atoms with van der Waals surface area (Å²) in [5, 5.41) is 3.11. The molecule has 2 heterocycles. The first-order valence-electron chi connectivity index (χ1n) is 3.73. The van der Waals surface area contributed by atoms with Crippen LogP contribution in [0.3, 0.4) is 0 Å². The Kier molecular flexibility index (Phi) is 1.54. The predicted octanol–water partition coefficient (Wildman–Crippen LogP) is 1.91. The molecule has 3 heteroatoms. The summed E-state index contributed by atoms with van der Waals surface area (Å²) in [7, 11) is 1.77. The summed E-state index contributed by atoms with van der Waals surface area (Å²) < 4.78 is 2.47. The Bertz CT molecular complexity index is 481. The maximum absolute atomic E-state index is 11.5. The summed E-state index contributed by atoms with van der Waals surface area (Å²) >= 11 is 1.52. The maximum Gasteiger partial charge on any atom is 0.268 e. The highest BCUT2D eigenvalue weighted by molar-refractivity contribution is 7.17. The molecule has 0 N–H and O–H groups in total. The van der Waals surface area contributed by atoms with Crippen molar-refractivity contribution in [1.29, 1.82) is 0 Å². The van der Waals surface area contributed by atoms with Crippen LogP contribution in [-0.4, -0.2) is 4.57 Å². The fourth-order valence-corrected chi connectivity index (χ4v) is 2.26. The number of fused-ring (bicyclic) bond motifs is 1. The molecule has 2 aromatic rings. The Morgan fingerprint density at radius 1 is 1.50 bits per heavy atom. The summed E-state index contributed by atoms with van der Waals surface area (Å²) in [4.78, 5) is 11.5. The van der Waals surface area contributed by atoms with Crippen LogP contribution in [0.5, 0.6) is 0 Å². The number of hydrogen-bond acceptors (Lipinski definition) is 2. The van der Waals surface area contributed by atoms with Crippen molar-refractivity contribution in [3.63, 3.8) is 0 Å². The highest BCUT2D eigenvalue weighted by atomic mass is 32.1. The number of thiophene rings is 1. The third-order valence-electron chi connectivity index (χ3n) is 2.00. The standard InChI is InChI=1S/C9H9NOS/c1-6-5-12-8-7(6)3-4-10(2)9(8)11/h3-5H,1-2H3. The molecule has 12 heavy (non-hydrogen) atoms. The van der Waals surface area contributed by atoms with Gasteiger partial charge in [-0.3, -0.25) is 4.79 Å². The first kappa shape index (κ1) is 7.55. The SMILES string of the molecule is Cc1csc2c(=O)n(C)ccc12. The molecule has 0 aliphatic rings. The largest absolute Gasteiger partial charge is 0.317 e. The smallest absolute Gasteiger partial charge is 0.268 e. The monoisotopic (exact) mass is 179 g/mol. The second-order valence-electron chi connectivity index (χ2n) is 2.89. The number of pyridine rings is 1. The Labute approximate surface area is 74.1 Å². The highest BCUT2D eigenvalue weighted by Crippen LogP contribution is 2.20. The zero-order chi connectivity index (χ0) is 8.72. The number of hydrogen-bond donors (Lipinski definition) is 0. The predicted molar refractivity (Wildman–Crippen MR) is 51.8 cm³/mol. The van der Waals surface area contributed by atoms with Crippen LogP contribution < -0.4 is 5.56 Å². The van der Waals surface area contributed by atoms with E-state index in [0.717, 1.165) is 10.1 Å². The zero-order valence-corrected chi connectivity index (χ0v) is 7.81. The molecule has 0 unspecified atom stereocenters. The van der Waals surface area contributed by atoms with E-state index >= 15 is 0 Å². The Balaban J connectivity index is 3.03. The van der Waals surface area contributed by atoms with E-state index in [4.69, 9.17) is 0 Å². The van der Waals surface area contributed by atoms with Crippen molar-refractivity contribution in [2.24, 2.45) is 7.05 Å². The van der Waals surface area contributed by atoms with E-state index in [-0.39, 0.29) is 5.56 Å². The van der Waals surface area contributed by atoms with E-state index in [9.17, 15) is 4.79 Å². The molecule has 0 atom stereocenters. The fourth-order valence-electron chi connectivity index (χ4n) is 1.24. The number of aryl methyl sites for hydroxylation is 2. The highest BCUT2D eigenvalue weighted by Gasteiger charge is 2.03. The Hall–Kier alpha value is -1.09. The second kappa shape index (κ2) is 2.45. The molecule has 0 saturated heterocycles. The van der Waals surface area contributed by atoms with Crippen molar-refractivity contribution >= 4 is 21.4 Å². The van der Waals surface area contributed by atoms with Crippen LogP contribution in [0.2, 0.25) is 0 Å². The van der Waals surface area contributed by atoms with Crippen LogP contribution in [0, 0.1) is 6.92 Å². The van der Waals surface area contributed by atoms with Crippen LogP contribution in [0.4, 0.5) is 0 Å². The molecule has 2 rings (SSSR count).